The first-order chi connectivity index (χ1) is 10.9. The van der Waals surface area contributed by atoms with Gasteiger partial charge in [-0.3, -0.25) is 4.79 Å². The molecule has 0 bridgehead atoms. The van der Waals surface area contributed by atoms with E-state index in [0.29, 0.717) is 16.3 Å². The third kappa shape index (κ3) is 2.84. The second-order valence-corrected chi connectivity index (χ2v) is 6.25. The molecule has 0 aliphatic carbocycles. The SMILES string of the molecule is Cc1cc2c(c(C)c1C)NC(=O)COC2c1cc(Cl)ccc1F. The highest BCUT2D eigenvalue weighted by molar-refractivity contribution is 6.30. The molecule has 1 atom stereocenters. The van der Waals surface area contributed by atoms with E-state index in [1.807, 2.05) is 26.8 Å². The Balaban J connectivity index is 2.25. The fourth-order valence-electron chi connectivity index (χ4n) is 2.88. The summed E-state index contributed by atoms with van der Waals surface area (Å²) in [5.41, 5.74) is 4.89. The zero-order valence-electron chi connectivity index (χ0n) is 13.2. The van der Waals surface area contributed by atoms with Crippen LogP contribution in [0.5, 0.6) is 0 Å². The fraction of sp³-hybridized carbons (Fsp3) is 0.278. The molecule has 1 aliphatic heterocycles. The zero-order valence-corrected chi connectivity index (χ0v) is 13.9. The van der Waals surface area contributed by atoms with Crippen LogP contribution in [0.4, 0.5) is 10.1 Å². The molecular weight excluding hydrogens is 317 g/mol. The molecule has 0 saturated heterocycles. The highest BCUT2D eigenvalue weighted by Gasteiger charge is 2.28. The summed E-state index contributed by atoms with van der Waals surface area (Å²) in [7, 11) is 0. The van der Waals surface area contributed by atoms with Crippen molar-refractivity contribution >= 4 is 23.2 Å². The third-order valence-electron chi connectivity index (χ3n) is 4.36. The van der Waals surface area contributed by atoms with Crippen LogP contribution in [-0.2, 0) is 9.53 Å². The third-order valence-corrected chi connectivity index (χ3v) is 4.59. The molecule has 1 aliphatic rings. The number of halogens is 2. The van der Waals surface area contributed by atoms with Crippen LogP contribution in [0.25, 0.3) is 0 Å². The van der Waals surface area contributed by atoms with Gasteiger partial charge in [0, 0.05) is 16.1 Å². The number of amides is 1. The minimum Gasteiger partial charge on any atom is -0.359 e. The quantitative estimate of drug-likeness (QED) is 0.836. The number of fused-ring (bicyclic) bond motifs is 1. The topological polar surface area (TPSA) is 38.3 Å². The molecule has 1 N–H and O–H groups in total. The zero-order chi connectivity index (χ0) is 16.7. The Hall–Kier alpha value is -1.91. The van der Waals surface area contributed by atoms with Crippen LogP contribution < -0.4 is 5.32 Å². The van der Waals surface area contributed by atoms with Gasteiger partial charge in [0.05, 0.1) is 5.69 Å². The van der Waals surface area contributed by atoms with E-state index < -0.39 is 11.9 Å². The van der Waals surface area contributed by atoms with Gasteiger partial charge in [-0.2, -0.15) is 0 Å². The lowest BCUT2D eigenvalue weighted by Crippen LogP contribution is -2.16. The van der Waals surface area contributed by atoms with Gasteiger partial charge in [-0.15, -0.1) is 0 Å². The van der Waals surface area contributed by atoms with Crippen LogP contribution in [0.15, 0.2) is 24.3 Å². The van der Waals surface area contributed by atoms with Gasteiger partial charge < -0.3 is 10.1 Å². The smallest absolute Gasteiger partial charge is 0.250 e. The van der Waals surface area contributed by atoms with Crippen molar-refractivity contribution in [1.29, 1.82) is 0 Å². The number of nitrogens with one attached hydrogen (secondary N) is 1. The lowest BCUT2D eigenvalue weighted by molar-refractivity contribution is -0.121. The lowest BCUT2D eigenvalue weighted by Gasteiger charge is -2.21. The Kier molecular flexibility index (Phi) is 4.13. The monoisotopic (exact) mass is 333 g/mol. The summed E-state index contributed by atoms with van der Waals surface area (Å²) in [5, 5.41) is 3.30. The number of hydrogen-bond donors (Lipinski definition) is 1. The molecule has 0 aromatic heterocycles. The van der Waals surface area contributed by atoms with E-state index in [1.54, 1.807) is 6.07 Å². The molecular formula is C18H17ClFNO2. The number of benzene rings is 2. The average molecular weight is 334 g/mol. The normalized spacial score (nSPS) is 17.4. The molecule has 0 radical (unpaired) electrons. The van der Waals surface area contributed by atoms with Crippen LogP contribution in [0.3, 0.4) is 0 Å². The van der Waals surface area contributed by atoms with Crippen molar-refractivity contribution in [2.45, 2.75) is 26.9 Å². The Morgan fingerprint density at radius 3 is 2.65 bits per heavy atom. The van der Waals surface area contributed by atoms with Crippen LogP contribution in [0.1, 0.15) is 33.9 Å². The first-order valence-electron chi connectivity index (χ1n) is 7.35. The van der Waals surface area contributed by atoms with Gasteiger partial charge in [-0.05, 0) is 55.7 Å². The van der Waals surface area contributed by atoms with E-state index >= 15 is 0 Å². The van der Waals surface area contributed by atoms with Crippen molar-refractivity contribution in [3.05, 3.63) is 62.9 Å². The van der Waals surface area contributed by atoms with E-state index in [9.17, 15) is 9.18 Å². The maximum Gasteiger partial charge on any atom is 0.250 e. The summed E-state index contributed by atoms with van der Waals surface area (Å²) in [4.78, 5) is 12.0. The van der Waals surface area contributed by atoms with Crippen molar-refractivity contribution in [2.75, 3.05) is 11.9 Å². The van der Waals surface area contributed by atoms with Crippen molar-refractivity contribution in [2.24, 2.45) is 0 Å². The minimum absolute atomic E-state index is 0.136. The second-order valence-electron chi connectivity index (χ2n) is 5.81. The average Bonchev–Trinajstić information content (AvgIpc) is 2.67. The largest absolute Gasteiger partial charge is 0.359 e. The number of anilines is 1. The van der Waals surface area contributed by atoms with Crippen LogP contribution in [0, 0.1) is 26.6 Å². The summed E-state index contributed by atoms with van der Waals surface area (Å²) >= 11 is 6.02. The number of carbonyl (C=O) groups is 1. The highest BCUT2D eigenvalue weighted by Crippen LogP contribution is 2.39. The van der Waals surface area contributed by atoms with Crippen molar-refractivity contribution in [3.63, 3.8) is 0 Å². The summed E-state index contributed by atoms with van der Waals surface area (Å²) < 4.78 is 20.0. The van der Waals surface area contributed by atoms with Gasteiger partial charge >= 0.3 is 0 Å². The number of hydrogen-bond acceptors (Lipinski definition) is 2. The van der Waals surface area contributed by atoms with Gasteiger partial charge in [0.2, 0.25) is 5.91 Å². The van der Waals surface area contributed by atoms with Crippen LogP contribution in [-0.4, -0.2) is 12.5 Å². The Morgan fingerprint density at radius 2 is 1.91 bits per heavy atom. The number of carbonyl (C=O) groups excluding carboxylic acids is 1. The van der Waals surface area contributed by atoms with E-state index in [1.165, 1.54) is 12.1 Å². The molecule has 120 valence electrons. The number of ether oxygens (including phenoxy) is 1. The maximum atomic E-state index is 14.3. The molecule has 0 fully saturated rings. The standard InChI is InChI=1S/C18H17ClFNO2/c1-9-6-14-17(11(3)10(9)2)21-16(22)8-23-18(14)13-7-12(19)4-5-15(13)20/h4-7,18H,8H2,1-3H3,(H,21,22). The lowest BCUT2D eigenvalue weighted by atomic mass is 9.92. The second kappa shape index (κ2) is 5.95. The molecule has 3 rings (SSSR count). The molecule has 0 spiro atoms. The van der Waals surface area contributed by atoms with E-state index in [4.69, 9.17) is 16.3 Å². The van der Waals surface area contributed by atoms with Gasteiger partial charge in [0.1, 0.15) is 18.5 Å². The highest BCUT2D eigenvalue weighted by atomic mass is 35.5. The summed E-state index contributed by atoms with van der Waals surface area (Å²) in [6, 6.07) is 6.29. The number of aryl methyl sites for hydroxylation is 1. The Bertz CT molecular complexity index is 804. The first-order valence-corrected chi connectivity index (χ1v) is 7.73. The molecule has 0 saturated carbocycles. The van der Waals surface area contributed by atoms with Crippen LogP contribution >= 0.6 is 11.6 Å². The minimum atomic E-state index is -0.680. The predicted molar refractivity (Wildman–Crippen MR) is 88.5 cm³/mol. The summed E-state index contributed by atoms with van der Waals surface area (Å²) in [6.45, 7) is 5.79. The molecule has 1 unspecified atom stereocenters. The van der Waals surface area contributed by atoms with Gasteiger partial charge in [0.25, 0.3) is 0 Å². The molecule has 1 heterocycles. The number of rotatable bonds is 1. The van der Waals surface area contributed by atoms with Crippen molar-refractivity contribution in [1.82, 2.24) is 0 Å². The van der Waals surface area contributed by atoms with Crippen molar-refractivity contribution in [3.8, 4) is 0 Å². The van der Waals surface area contributed by atoms with Gasteiger partial charge in [-0.1, -0.05) is 17.7 Å². The Morgan fingerprint density at radius 1 is 1.17 bits per heavy atom. The van der Waals surface area contributed by atoms with E-state index in [2.05, 4.69) is 5.32 Å². The summed E-state index contributed by atoms with van der Waals surface area (Å²) in [6.07, 6.45) is -0.680. The van der Waals surface area contributed by atoms with Gasteiger partial charge in [-0.25, -0.2) is 4.39 Å². The van der Waals surface area contributed by atoms with E-state index in [-0.39, 0.29) is 12.5 Å². The van der Waals surface area contributed by atoms with Crippen molar-refractivity contribution < 1.29 is 13.9 Å². The maximum absolute atomic E-state index is 14.3. The fourth-order valence-corrected chi connectivity index (χ4v) is 3.06. The predicted octanol–water partition coefficient (Wildman–Crippen LogP) is 4.46. The van der Waals surface area contributed by atoms with Gasteiger partial charge in [0.15, 0.2) is 0 Å². The van der Waals surface area contributed by atoms with Crippen LogP contribution in [0.2, 0.25) is 5.02 Å². The first kappa shape index (κ1) is 16.0. The molecule has 5 heteroatoms. The molecule has 2 aromatic rings. The molecule has 23 heavy (non-hydrogen) atoms. The van der Waals surface area contributed by atoms with E-state index in [0.717, 1.165) is 22.3 Å². The molecule has 1 amide bonds. The molecule has 3 nitrogen and oxygen atoms in total. The molecule has 2 aromatic carbocycles. The Labute approximate surface area is 139 Å². The summed E-state index contributed by atoms with van der Waals surface area (Å²) in [5.74, 6) is -0.655.